The smallest absolute Gasteiger partial charge is 0.492 e. The number of fused-ring (bicyclic) bond motifs is 1. The largest absolute Gasteiger partial charge is 0.573 e. The molecule has 1 unspecified atom stereocenters. The zero-order chi connectivity index (χ0) is 21.2. The number of rotatable bonds is 8. The van der Waals surface area contributed by atoms with Crippen molar-refractivity contribution < 1.29 is 32.3 Å². The predicted molar refractivity (Wildman–Crippen MR) is 94.0 cm³/mol. The monoisotopic (exact) mass is 416 g/mol. The predicted octanol–water partition coefficient (Wildman–Crippen LogP) is 2.85. The van der Waals surface area contributed by atoms with Crippen LogP contribution in [0.5, 0.6) is 17.5 Å². The number of halogens is 3. The molecule has 0 saturated heterocycles. The number of benzene rings is 1. The Morgan fingerprint density at radius 2 is 2.00 bits per heavy atom. The number of aromatic nitrogens is 2. The molecule has 0 saturated carbocycles. The van der Waals surface area contributed by atoms with Gasteiger partial charge in [0.15, 0.2) is 0 Å². The number of ether oxygens (including phenoxy) is 3. The molecule has 0 amide bonds. The number of likely N-dealkylation sites (N-methyl/N-ethyl adjacent to an activating group) is 1. The van der Waals surface area contributed by atoms with Gasteiger partial charge in [0.2, 0.25) is 0 Å². The van der Waals surface area contributed by atoms with Gasteiger partial charge in [0, 0.05) is 18.1 Å². The molecule has 158 valence electrons. The van der Waals surface area contributed by atoms with Crippen LogP contribution in [0, 0.1) is 10.1 Å². The highest BCUT2D eigenvalue weighted by Gasteiger charge is 2.40. The van der Waals surface area contributed by atoms with Crippen molar-refractivity contribution in [3.8, 4) is 17.5 Å². The summed E-state index contributed by atoms with van der Waals surface area (Å²) in [4.78, 5) is 16.0. The van der Waals surface area contributed by atoms with E-state index in [2.05, 4.69) is 9.72 Å². The van der Waals surface area contributed by atoms with Crippen LogP contribution in [0.3, 0.4) is 0 Å². The molecule has 3 rings (SSSR count). The number of nitrogens with zero attached hydrogens (tertiary/aromatic N) is 4. The van der Waals surface area contributed by atoms with Gasteiger partial charge in [-0.05, 0) is 43.2 Å². The van der Waals surface area contributed by atoms with Gasteiger partial charge in [-0.1, -0.05) is 0 Å². The lowest BCUT2D eigenvalue weighted by Gasteiger charge is -2.28. The van der Waals surface area contributed by atoms with Gasteiger partial charge in [-0.3, -0.25) is 9.47 Å². The fourth-order valence-corrected chi connectivity index (χ4v) is 3.07. The highest BCUT2D eigenvalue weighted by atomic mass is 19.4. The molecule has 1 aliphatic heterocycles. The first-order valence-electron chi connectivity index (χ1n) is 8.61. The van der Waals surface area contributed by atoms with E-state index in [1.807, 2.05) is 18.9 Å². The topological polar surface area (TPSA) is 91.9 Å². The van der Waals surface area contributed by atoms with E-state index in [1.165, 1.54) is 30.5 Å². The van der Waals surface area contributed by atoms with Crippen LogP contribution in [-0.4, -0.2) is 58.1 Å². The first-order chi connectivity index (χ1) is 13.5. The van der Waals surface area contributed by atoms with Crippen LogP contribution in [0.1, 0.15) is 6.92 Å². The van der Waals surface area contributed by atoms with Crippen LogP contribution in [0.25, 0.3) is 0 Å². The SMILES string of the molecule is CN(CCOc1ccc(OC(F)(F)F)cc1)CC1(C)Cn2cc([N+](=O)[O-])nc2O1. The quantitative estimate of drug-likeness (QED) is 0.483. The van der Waals surface area contributed by atoms with Crippen LogP contribution >= 0.6 is 0 Å². The van der Waals surface area contributed by atoms with Gasteiger partial charge in [0.25, 0.3) is 0 Å². The molecule has 29 heavy (non-hydrogen) atoms. The molecular weight excluding hydrogens is 397 g/mol. The van der Waals surface area contributed by atoms with Crippen molar-refractivity contribution in [2.75, 3.05) is 26.7 Å². The zero-order valence-corrected chi connectivity index (χ0v) is 15.7. The molecule has 0 spiro atoms. The van der Waals surface area contributed by atoms with Crippen molar-refractivity contribution in [2.45, 2.75) is 25.4 Å². The number of alkyl halides is 3. The number of imidazole rings is 1. The third-order valence-electron chi connectivity index (χ3n) is 4.16. The number of hydrogen-bond acceptors (Lipinski definition) is 7. The summed E-state index contributed by atoms with van der Waals surface area (Å²) >= 11 is 0. The molecule has 1 aromatic heterocycles. The molecule has 2 heterocycles. The second kappa shape index (κ2) is 7.78. The molecule has 1 aliphatic rings. The average Bonchev–Trinajstić information content (AvgIpc) is 3.10. The van der Waals surface area contributed by atoms with E-state index in [1.54, 1.807) is 4.57 Å². The van der Waals surface area contributed by atoms with E-state index < -0.39 is 16.9 Å². The summed E-state index contributed by atoms with van der Waals surface area (Å²) in [5.41, 5.74) is -0.594. The standard InChI is InChI=1S/C17H19F3N4O5/c1-16(11-23-9-14(24(25)26)21-15(23)29-16)10-22(2)7-8-27-12-3-5-13(6-4-12)28-17(18,19)20/h3-6,9H,7-8,10-11H2,1-2H3. The van der Waals surface area contributed by atoms with Gasteiger partial charge in [0.05, 0.1) is 6.54 Å². The lowest BCUT2D eigenvalue weighted by Crippen LogP contribution is -2.44. The maximum absolute atomic E-state index is 12.1. The molecule has 0 bridgehead atoms. The van der Waals surface area contributed by atoms with Crippen molar-refractivity contribution in [3.05, 3.63) is 40.6 Å². The van der Waals surface area contributed by atoms with Crippen molar-refractivity contribution >= 4 is 5.82 Å². The van der Waals surface area contributed by atoms with Crippen LogP contribution in [0.15, 0.2) is 30.5 Å². The fraction of sp³-hybridized carbons (Fsp3) is 0.471. The van der Waals surface area contributed by atoms with E-state index in [-0.39, 0.29) is 17.6 Å². The highest BCUT2D eigenvalue weighted by molar-refractivity contribution is 5.31. The van der Waals surface area contributed by atoms with Crippen molar-refractivity contribution in [1.29, 1.82) is 0 Å². The molecule has 0 fully saturated rings. The molecule has 9 nitrogen and oxygen atoms in total. The Morgan fingerprint density at radius 1 is 1.34 bits per heavy atom. The third kappa shape index (κ3) is 5.50. The van der Waals surface area contributed by atoms with E-state index in [4.69, 9.17) is 9.47 Å². The van der Waals surface area contributed by atoms with E-state index in [0.29, 0.717) is 32.0 Å². The fourth-order valence-electron chi connectivity index (χ4n) is 3.07. The average molecular weight is 416 g/mol. The molecule has 0 N–H and O–H groups in total. The van der Waals surface area contributed by atoms with E-state index in [0.717, 1.165) is 0 Å². The number of nitro groups is 1. The Balaban J connectivity index is 1.43. The second-order valence-electron chi connectivity index (χ2n) is 6.92. The Morgan fingerprint density at radius 3 is 2.59 bits per heavy atom. The molecule has 1 aromatic carbocycles. The maximum atomic E-state index is 12.1. The summed E-state index contributed by atoms with van der Waals surface area (Å²) in [5, 5.41) is 10.8. The van der Waals surface area contributed by atoms with E-state index >= 15 is 0 Å². The maximum Gasteiger partial charge on any atom is 0.573 e. The molecule has 0 aliphatic carbocycles. The van der Waals surface area contributed by atoms with Crippen molar-refractivity contribution in [1.82, 2.24) is 14.5 Å². The Hall–Kier alpha value is -3.02. The van der Waals surface area contributed by atoms with Gasteiger partial charge in [-0.25, -0.2) is 0 Å². The third-order valence-corrected chi connectivity index (χ3v) is 4.16. The van der Waals surface area contributed by atoms with Gasteiger partial charge in [-0.15, -0.1) is 13.2 Å². The van der Waals surface area contributed by atoms with Gasteiger partial charge in [-0.2, -0.15) is 0 Å². The summed E-state index contributed by atoms with van der Waals surface area (Å²) in [6, 6.07) is 5.37. The van der Waals surface area contributed by atoms with Gasteiger partial charge >= 0.3 is 18.2 Å². The highest BCUT2D eigenvalue weighted by Crippen LogP contribution is 2.31. The van der Waals surface area contributed by atoms with Crippen LogP contribution in [0.4, 0.5) is 19.0 Å². The summed E-state index contributed by atoms with van der Waals surface area (Å²) in [5.74, 6) is -0.148. The molecule has 2 aromatic rings. The Bertz CT molecular complexity index is 845. The second-order valence-corrected chi connectivity index (χ2v) is 6.92. The lowest BCUT2D eigenvalue weighted by molar-refractivity contribution is -0.389. The summed E-state index contributed by atoms with van der Waals surface area (Å²) < 4.78 is 53.2. The molecule has 12 heteroatoms. The minimum atomic E-state index is -4.73. The number of hydrogen-bond donors (Lipinski definition) is 0. The van der Waals surface area contributed by atoms with E-state index in [9.17, 15) is 23.3 Å². The van der Waals surface area contributed by atoms with Gasteiger partial charge < -0.3 is 24.3 Å². The van der Waals surface area contributed by atoms with Crippen molar-refractivity contribution in [3.63, 3.8) is 0 Å². The minimum absolute atomic E-state index is 0.213. The van der Waals surface area contributed by atoms with Gasteiger partial charge in [0.1, 0.15) is 29.9 Å². The summed E-state index contributed by atoms with van der Waals surface area (Å²) in [6.07, 6.45) is -3.39. The van der Waals surface area contributed by atoms with Crippen LogP contribution in [-0.2, 0) is 6.54 Å². The Kier molecular flexibility index (Phi) is 5.55. The van der Waals surface area contributed by atoms with Crippen LogP contribution in [0.2, 0.25) is 0 Å². The molecule has 0 radical (unpaired) electrons. The first-order valence-corrected chi connectivity index (χ1v) is 8.61. The minimum Gasteiger partial charge on any atom is -0.492 e. The normalized spacial score (nSPS) is 18.4. The zero-order valence-electron chi connectivity index (χ0n) is 15.7. The Labute approximate surface area is 163 Å². The molecular formula is C17H19F3N4O5. The first kappa shape index (κ1) is 20.7. The summed E-state index contributed by atoms with van der Waals surface area (Å²) in [7, 11) is 1.86. The molecule has 1 atom stereocenters. The lowest BCUT2D eigenvalue weighted by atomic mass is 10.1. The van der Waals surface area contributed by atoms with Crippen LogP contribution < -0.4 is 14.2 Å². The van der Waals surface area contributed by atoms with Crippen molar-refractivity contribution in [2.24, 2.45) is 0 Å². The summed E-state index contributed by atoms with van der Waals surface area (Å²) in [6.45, 7) is 3.66.